The summed E-state index contributed by atoms with van der Waals surface area (Å²) < 4.78 is 8.69. The first-order chi connectivity index (χ1) is 16.4. The number of carbonyl (C=O) groups excluding carboxylic acids is 1. The van der Waals surface area contributed by atoms with Crippen molar-refractivity contribution in [2.75, 3.05) is 45.9 Å². The zero-order valence-electron chi connectivity index (χ0n) is 19.9. The lowest BCUT2D eigenvalue weighted by atomic mass is 9.91. The van der Waals surface area contributed by atoms with Gasteiger partial charge in [0.1, 0.15) is 16.8 Å². The summed E-state index contributed by atoms with van der Waals surface area (Å²) in [6, 6.07) is 7.00. The van der Waals surface area contributed by atoms with Gasteiger partial charge in [0.15, 0.2) is 0 Å². The van der Waals surface area contributed by atoms with Crippen molar-refractivity contribution < 1.29 is 9.53 Å². The van der Waals surface area contributed by atoms with E-state index in [-0.39, 0.29) is 22.5 Å². The molecule has 2 aliphatic heterocycles. The zero-order valence-corrected chi connectivity index (χ0v) is 19.9. The maximum Gasteiger partial charge on any atom is 0.267 e. The number of morpholine rings is 1. The highest BCUT2D eigenvalue weighted by molar-refractivity contribution is 5.97. The van der Waals surface area contributed by atoms with Crippen LogP contribution in [0.25, 0.3) is 16.7 Å². The first-order valence-corrected chi connectivity index (χ1v) is 12.1. The van der Waals surface area contributed by atoms with Gasteiger partial charge in [-0.1, -0.05) is 19.9 Å². The minimum atomic E-state index is -0.227. The van der Waals surface area contributed by atoms with Crippen LogP contribution in [0.4, 0.5) is 0 Å². The third kappa shape index (κ3) is 4.25. The van der Waals surface area contributed by atoms with Crippen LogP contribution in [0.3, 0.4) is 0 Å². The monoisotopic (exact) mass is 464 g/mol. The fraction of sp³-hybridized carbons (Fsp3) is 0.520. The molecule has 3 aromatic heterocycles. The second-order valence-electron chi connectivity index (χ2n) is 9.75. The topological polar surface area (TPSA) is 95.9 Å². The molecule has 2 unspecified atom stereocenters. The third-order valence-corrected chi connectivity index (χ3v) is 6.95. The SMILES string of the molecule is CC1CC(C)CN(C(=O)c2cc3c(=O)n4ccccc4nc3n(CCN3CCOCC3)c2=N)C1. The number of hydrogen-bond acceptors (Lipinski definition) is 6. The van der Waals surface area contributed by atoms with Crippen molar-refractivity contribution in [3.05, 3.63) is 51.9 Å². The molecule has 0 spiro atoms. The number of rotatable bonds is 4. The van der Waals surface area contributed by atoms with Crippen molar-refractivity contribution in [2.45, 2.75) is 26.8 Å². The molecular weight excluding hydrogens is 432 g/mol. The van der Waals surface area contributed by atoms with E-state index in [2.05, 4.69) is 18.7 Å². The molecule has 1 amide bonds. The maximum absolute atomic E-state index is 13.6. The van der Waals surface area contributed by atoms with Crippen LogP contribution in [-0.4, -0.2) is 75.6 Å². The van der Waals surface area contributed by atoms with E-state index in [1.807, 2.05) is 11.0 Å². The lowest BCUT2D eigenvalue weighted by Gasteiger charge is -2.35. The summed E-state index contributed by atoms with van der Waals surface area (Å²) in [7, 11) is 0. The van der Waals surface area contributed by atoms with Crippen LogP contribution < -0.4 is 11.0 Å². The lowest BCUT2D eigenvalue weighted by molar-refractivity contribution is 0.0363. The maximum atomic E-state index is 13.6. The number of nitrogens with zero attached hydrogens (tertiary/aromatic N) is 5. The number of piperidine rings is 1. The average molecular weight is 465 g/mol. The Morgan fingerprint density at radius 1 is 1.15 bits per heavy atom. The molecule has 5 heterocycles. The summed E-state index contributed by atoms with van der Waals surface area (Å²) in [4.78, 5) is 35.9. The van der Waals surface area contributed by atoms with Crippen LogP contribution in [0, 0.1) is 17.2 Å². The number of nitrogens with one attached hydrogen (secondary N) is 1. The largest absolute Gasteiger partial charge is 0.379 e. The Labute approximate surface area is 198 Å². The van der Waals surface area contributed by atoms with Crippen LogP contribution in [0.5, 0.6) is 0 Å². The minimum Gasteiger partial charge on any atom is -0.379 e. The van der Waals surface area contributed by atoms with Crippen molar-refractivity contribution in [3.8, 4) is 0 Å². The first kappa shape index (κ1) is 22.7. The molecule has 0 bridgehead atoms. The van der Waals surface area contributed by atoms with Crippen molar-refractivity contribution in [1.82, 2.24) is 23.8 Å². The van der Waals surface area contributed by atoms with Gasteiger partial charge in [0.05, 0.1) is 24.2 Å². The number of ether oxygens (including phenoxy) is 1. The molecule has 34 heavy (non-hydrogen) atoms. The summed E-state index contributed by atoms with van der Waals surface area (Å²) in [6.45, 7) is 9.85. The van der Waals surface area contributed by atoms with Gasteiger partial charge in [-0.3, -0.25) is 24.3 Å². The molecule has 2 aliphatic rings. The third-order valence-electron chi connectivity index (χ3n) is 6.95. The van der Waals surface area contributed by atoms with Crippen LogP contribution >= 0.6 is 0 Å². The molecule has 0 saturated carbocycles. The van der Waals surface area contributed by atoms with Crippen LogP contribution in [0.2, 0.25) is 0 Å². The van der Waals surface area contributed by atoms with Gasteiger partial charge in [-0.05, 0) is 36.5 Å². The number of carbonyl (C=O) groups is 1. The molecule has 3 aromatic rings. The molecule has 9 heteroatoms. The Morgan fingerprint density at radius 2 is 1.88 bits per heavy atom. The van der Waals surface area contributed by atoms with Gasteiger partial charge in [-0.2, -0.15) is 0 Å². The highest BCUT2D eigenvalue weighted by Gasteiger charge is 2.28. The molecule has 0 aromatic carbocycles. The van der Waals surface area contributed by atoms with Gasteiger partial charge in [-0.25, -0.2) is 4.98 Å². The Morgan fingerprint density at radius 3 is 2.62 bits per heavy atom. The van der Waals surface area contributed by atoms with E-state index in [4.69, 9.17) is 15.1 Å². The van der Waals surface area contributed by atoms with Crippen molar-refractivity contribution >= 4 is 22.6 Å². The van der Waals surface area contributed by atoms with Crippen molar-refractivity contribution in [2.24, 2.45) is 11.8 Å². The van der Waals surface area contributed by atoms with Crippen LogP contribution in [0.15, 0.2) is 35.3 Å². The van der Waals surface area contributed by atoms with Gasteiger partial charge in [0, 0.05) is 45.5 Å². The Kier molecular flexibility index (Phi) is 6.22. The van der Waals surface area contributed by atoms with Gasteiger partial charge in [0.25, 0.3) is 11.5 Å². The molecule has 180 valence electrons. The fourth-order valence-corrected chi connectivity index (χ4v) is 5.33. The minimum absolute atomic E-state index is 0.115. The second-order valence-corrected chi connectivity index (χ2v) is 9.75. The highest BCUT2D eigenvalue weighted by atomic mass is 16.5. The Bertz CT molecular complexity index is 1330. The average Bonchev–Trinajstić information content (AvgIpc) is 2.83. The summed E-state index contributed by atoms with van der Waals surface area (Å²) in [5.74, 6) is 0.641. The van der Waals surface area contributed by atoms with Gasteiger partial charge in [-0.15, -0.1) is 0 Å². The second kappa shape index (κ2) is 9.31. The van der Waals surface area contributed by atoms with E-state index in [9.17, 15) is 9.59 Å². The van der Waals surface area contributed by atoms with Gasteiger partial charge < -0.3 is 14.2 Å². The summed E-state index contributed by atoms with van der Waals surface area (Å²) in [6.07, 6.45) is 2.78. The van der Waals surface area contributed by atoms with Gasteiger partial charge in [0.2, 0.25) is 0 Å². The van der Waals surface area contributed by atoms with E-state index in [1.54, 1.807) is 29.0 Å². The van der Waals surface area contributed by atoms with E-state index in [0.29, 0.717) is 67.9 Å². The van der Waals surface area contributed by atoms with Crippen LogP contribution in [-0.2, 0) is 11.3 Å². The smallest absolute Gasteiger partial charge is 0.267 e. The Hall–Kier alpha value is -3.04. The summed E-state index contributed by atoms with van der Waals surface area (Å²) >= 11 is 0. The lowest BCUT2D eigenvalue weighted by Crippen LogP contribution is -2.45. The Balaban J connectivity index is 1.63. The van der Waals surface area contributed by atoms with E-state index in [1.165, 1.54) is 4.40 Å². The standard InChI is InChI=1S/C25H32N6O3/c1-17-13-18(2)16-29(15-17)24(32)19-14-20-23(27-21-5-3-4-6-30(21)25(20)33)31(22(19)26)8-7-28-9-11-34-12-10-28/h3-6,14,17-18,26H,7-13,15-16H2,1-2H3. The predicted octanol–water partition coefficient (Wildman–Crippen LogP) is 1.58. The van der Waals surface area contributed by atoms with E-state index < -0.39 is 0 Å². The molecule has 5 rings (SSSR count). The molecule has 2 saturated heterocycles. The van der Waals surface area contributed by atoms with Crippen LogP contribution in [0.1, 0.15) is 30.6 Å². The summed E-state index contributed by atoms with van der Waals surface area (Å²) in [5.41, 5.74) is 1.13. The van der Waals surface area contributed by atoms with E-state index in [0.717, 1.165) is 19.5 Å². The van der Waals surface area contributed by atoms with Gasteiger partial charge >= 0.3 is 0 Å². The molecule has 9 nitrogen and oxygen atoms in total. The molecule has 0 aliphatic carbocycles. The highest BCUT2D eigenvalue weighted by Crippen LogP contribution is 2.22. The number of hydrogen-bond donors (Lipinski definition) is 1. The molecule has 2 fully saturated rings. The number of fused-ring (bicyclic) bond motifs is 2. The number of likely N-dealkylation sites (tertiary alicyclic amines) is 1. The predicted molar refractivity (Wildman–Crippen MR) is 129 cm³/mol. The number of amides is 1. The fourth-order valence-electron chi connectivity index (χ4n) is 5.33. The number of aromatic nitrogens is 3. The molecule has 0 radical (unpaired) electrons. The number of pyridine rings is 2. The quantitative estimate of drug-likeness (QED) is 0.592. The first-order valence-electron chi connectivity index (χ1n) is 12.1. The van der Waals surface area contributed by atoms with Crippen molar-refractivity contribution in [1.29, 1.82) is 5.41 Å². The molecule has 2 atom stereocenters. The normalized spacial score (nSPS) is 21.9. The van der Waals surface area contributed by atoms with E-state index >= 15 is 0 Å². The van der Waals surface area contributed by atoms with Crippen molar-refractivity contribution in [3.63, 3.8) is 0 Å². The summed E-state index contributed by atoms with van der Waals surface area (Å²) in [5, 5.41) is 9.36. The zero-order chi connectivity index (χ0) is 23.8. The molecular formula is C25H32N6O3. The molecule has 1 N–H and O–H groups in total.